The van der Waals surface area contributed by atoms with Crippen molar-refractivity contribution in [2.45, 2.75) is 57.1 Å². The Balaban J connectivity index is 1.72. The monoisotopic (exact) mass is 321 g/mol. The Morgan fingerprint density at radius 3 is 2.65 bits per heavy atom. The van der Waals surface area contributed by atoms with Gasteiger partial charge in [-0.1, -0.05) is 19.3 Å². The van der Waals surface area contributed by atoms with E-state index in [0.717, 1.165) is 45.1 Å². The molecule has 1 saturated heterocycles. The van der Waals surface area contributed by atoms with E-state index >= 15 is 0 Å². The van der Waals surface area contributed by atoms with Crippen LogP contribution in [-0.4, -0.2) is 40.2 Å². The molecule has 0 radical (unpaired) electrons. The van der Waals surface area contributed by atoms with E-state index in [-0.39, 0.29) is 23.7 Å². The van der Waals surface area contributed by atoms with Crippen LogP contribution < -0.4 is 10.6 Å². The Labute approximate surface area is 135 Å². The molecule has 2 aliphatic rings. The summed E-state index contributed by atoms with van der Waals surface area (Å²) in [7, 11) is 0. The fourth-order valence-corrected chi connectivity index (χ4v) is 3.24. The van der Waals surface area contributed by atoms with E-state index in [9.17, 15) is 10.1 Å². The van der Waals surface area contributed by atoms with Gasteiger partial charge in [0, 0.05) is 19.2 Å². The Morgan fingerprint density at radius 2 is 1.96 bits per heavy atom. The second-order valence-corrected chi connectivity index (χ2v) is 6.17. The Morgan fingerprint density at radius 1 is 1.17 bits per heavy atom. The standard InChI is InChI=1S/C15H23N5O3/c21-20(22)13-14(16-9-12-7-4-8-23-12)17-10-18-15(13)19-11-5-2-1-3-6-11/h10-12H,1-9H2,(H2,16,17,18,19). The van der Waals surface area contributed by atoms with Gasteiger partial charge in [-0.15, -0.1) is 0 Å². The van der Waals surface area contributed by atoms with Gasteiger partial charge in [-0.2, -0.15) is 0 Å². The average molecular weight is 321 g/mol. The summed E-state index contributed by atoms with van der Waals surface area (Å²) in [5.41, 5.74) is -0.0731. The molecule has 8 heteroatoms. The van der Waals surface area contributed by atoms with Crippen molar-refractivity contribution in [2.75, 3.05) is 23.8 Å². The van der Waals surface area contributed by atoms with Crippen LogP contribution in [0.5, 0.6) is 0 Å². The molecule has 1 aromatic rings. The van der Waals surface area contributed by atoms with Gasteiger partial charge in [-0.3, -0.25) is 10.1 Å². The molecule has 1 saturated carbocycles. The summed E-state index contributed by atoms with van der Waals surface area (Å²) >= 11 is 0. The maximum atomic E-state index is 11.5. The third-order valence-corrected chi connectivity index (χ3v) is 4.47. The summed E-state index contributed by atoms with van der Waals surface area (Å²) in [6.45, 7) is 1.29. The summed E-state index contributed by atoms with van der Waals surface area (Å²) in [6, 6.07) is 0.253. The van der Waals surface area contributed by atoms with Crippen molar-refractivity contribution in [2.24, 2.45) is 0 Å². The predicted octanol–water partition coefficient (Wildman–Crippen LogP) is 2.72. The molecule has 1 aromatic heterocycles. The summed E-state index contributed by atoms with van der Waals surface area (Å²) < 4.78 is 5.54. The highest BCUT2D eigenvalue weighted by Gasteiger charge is 2.26. The van der Waals surface area contributed by atoms with Crippen molar-refractivity contribution in [3.8, 4) is 0 Å². The van der Waals surface area contributed by atoms with Gasteiger partial charge in [0.15, 0.2) is 0 Å². The third kappa shape index (κ3) is 4.07. The molecular weight excluding hydrogens is 298 g/mol. The van der Waals surface area contributed by atoms with E-state index in [1.165, 1.54) is 12.7 Å². The van der Waals surface area contributed by atoms with E-state index in [1.807, 2.05) is 0 Å². The molecule has 1 aliphatic carbocycles. The average Bonchev–Trinajstić information content (AvgIpc) is 3.07. The highest BCUT2D eigenvalue weighted by atomic mass is 16.6. The second kappa shape index (κ2) is 7.54. The lowest BCUT2D eigenvalue weighted by Gasteiger charge is -2.23. The van der Waals surface area contributed by atoms with Gasteiger partial charge in [0.25, 0.3) is 0 Å². The lowest BCUT2D eigenvalue weighted by Crippen LogP contribution is -2.24. The van der Waals surface area contributed by atoms with Gasteiger partial charge in [0.05, 0.1) is 11.0 Å². The van der Waals surface area contributed by atoms with Crippen LogP contribution in [-0.2, 0) is 4.74 Å². The molecule has 1 atom stereocenters. The number of hydrogen-bond donors (Lipinski definition) is 2. The minimum absolute atomic E-state index is 0.0731. The van der Waals surface area contributed by atoms with Crippen molar-refractivity contribution in [1.82, 2.24) is 9.97 Å². The molecule has 3 rings (SSSR count). The molecule has 2 N–H and O–H groups in total. The van der Waals surface area contributed by atoms with E-state index < -0.39 is 4.92 Å². The summed E-state index contributed by atoms with van der Waals surface area (Å²) in [5.74, 6) is 0.575. The van der Waals surface area contributed by atoms with Crippen LogP contribution in [0.15, 0.2) is 6.33 Å². The van der Waals surface area contributed by atoms with Crippen LogP contribution in [0.3, 0.4) is 0 Å². The zero-order chi connectivity index (χ0) is 16.1. The molecule has 23 heavy (non-hydrogen) atoms. The van der Waals surface area contributed by atoms with Crippen LogP contribution >= 0.6 is 0 Å². The van der Waals surface area contributed by atoms with Gasteiger partial charge < -0.3 is 15.4 Å². The lowest BCUT2D eigenvalue weighted by atomic mass is 9.95. The molecule has 2 heterocycles. The molecular formula is C15H23N5O3. The number of aromatic nitrogens is 2. The molecule has 0 spiro atoms. The van der Waals surface area contributed by atoms with Crippen LogP contribution in [0.2, 0.25) is 0 Å². The minimum Gasteiger partial charge on any atom is -0.376 e. The van der Waals surface area contributed by atoms with Crippen LogP contribution in [0, 0.1) is 10.1 Å². The summed E-state index contributed by atoms with van der Waals surface area (Å²) in [4.78, 5) is 19.2. The van der Waals surface area contributed by atoms with Crippen molar-refractivity contribution >= 4 is 17.3 Å². The molecule has 1 aliphatic heterocycles. The Bertz CT molecular complexity index is 542. The van der Waals surface area contributed by atoms with Crippen LogP contribution in [0.4, 0.5) is 17.3 Å². The fourth-order valence-electron chi connectivity index (χ4n) is 3.24. The molecule has 0 amide bonds. The molecule has 1 unspecified atom stereocenters. The van der Waals surface area contributed by atoms with Gasteiger partial charge in [0.1, 0.15) is 6.33 Å². The van der Waals surface area contributed by atoms with E-state index in [4.69, 9.17) is 4.74 Å². The van der Waals surface area contributed by atoms with Crippen molar-refractivity contribution in [3.05, 3.63) is 16.4 Å². The number of rotatable bonds is 6. The van der Waals surface area contributed by atoms with Crippen molar-refractivity contribution in [1.29, 1.82) is 0 Å². The maximum Gasteiger partial charge on any atom is 0.353 e. The highest BCUT2D eigenvalue weighted by Crippen LogP contribution is 2.31. The van der Waals surface area contributed by atoms with E-state index in [0.29, 0.717) is 12.4 Å². The van der Waals surface area contributed by atoms with Crippen molar-refractivity contribution in [3.63, 3.8) is 0 Å². The number of nitrogens with zero attached hydrogens (tertiary/aromatic N) is 3. The Hall–Kier alpha value is -1.96. The summed E-state index contributed by atoms with van der Waals surface area (Å²) in [5, 5.41) is 17.8. The van der Waals surface area contributed by atoms with Crippen LogP contribution in [0.25, 0.3) is 0 Å². The zero-order valence-electron chi connectivity index (χ0n) is 13.2. The molecule has 0 aromatic carbocycles. The number of hydrogen-bond acceptors (Lipinski definition) is 7. The lowest BCUT2D eigenvalue weighted by molar-refractivity contribution is -0.383. The van der Waals surface area contributed by atoms with Gasteiger partial charge in [-0.25, -0.2) is 9.97 Å². The smallest absolute Gasteiger partial charge is 0.353 e. The topological polar surface area (TPSA) is 102 Å². The quantitative estimate of drug-likeness (QED) is 0.613. The normalized spacial score (nSPS) is 22.0. The van der Waals surface area contributed by atoms with E-state index in [2.05, 4.69) is 20.6 Å². The van der Waals surface area contributed by atoms with Crippen LogP contribution in [0.1, 0.15) is 44.9 Å². The number of nitro groups is 1. The first-order chi connectivity index (χ1) is 11.2. The predicted molar refractivity (Wildman–Crippen MR) is 86.6 cm³/mol. The number of anilines is 2. The maximum absolute atomic E-state index is 11.5. The molecule has 2 fully saturated rings. The first-order valence-corrected chi connectivity index (χ1v) is 8.35. The molecule has 8 nitrogen and oxygen atoms in total. The third-order valence-electron chi connectivity index (χ3n) is 4.47. The van der Waals surface area contributed by atoms with Gasteiger partial charge >= 0.3 is 5.69 Å². The number of ether oxygens (including phenoxy) is 1. The zero-order valence-corrected chi connectivity index (χ0v) is 13.2. The van der Waals surface area contributed by atoms with Gasteiger partial charge in [0.2, 0.25) is 11.6 Å². The first kappa shape index (κ1) is 15.9. The number of nitrogens with one attached hydrogen (secondary N) is 2. The largest absolute Gasteiger partial charge is 0.376 e. The fraction of sp³-hybridized carbons (Fsp3) is 0.733. The molecule has 0 bridgehead atoms. The van der Waals surface area contributed by atoms with Gasteiger partial charge in [-0.05, 0) is 25.7 Å². The Kier molecular flexibility index (Phi) is 5.22. The van der Waals surface area contributed by atoms with E-state index in [1.54, 1.807) is 0 Å². The summed E-state index contributed by atoms with van der Waals surface area (Å²) in [6.07, 6.45) is 9.07. The first-order valence-electron chi connectivity index (χ1n) is 8.35. The highest BCUT2D eigenvalue weighted by molar-refractivity contribution is 5.69. The minimum atomic E-state index is -0.414. The SMILES string of the molecule is O=[N+]([O-])c1c(NCC2CCCO2)ncnc1NC1CCCCC1. The van der Waals surface area contributed by atoms with Crippen molar-refractivity contribution < 1.29 is 9.66 Å². The molecule has 126 valence electrons. The second-order valence-electron chi connectivity index (χ2n) is 6.17.